The monoisotopic (exact) mass is 385 g/mol. The Kier molecular flexibility index (Phi) is 4.05. The molecule has 5 heteroatoms. The molecule has 1 N–H and O–H groups in total. The second kappa shape index (κ2) is 6.62. The quantitative estimate of drug-likeness (QED) is 0.703. The first-order valence-corrected chi connectivity index (χ1v) is 9.92. The van der Waals surface area contributed by atoms with Gasteiger partial charge in [0, 0.05) is 54.8 Å². The first kappa shape index (κ1) is 17.7. The van der Waals surface area contributed by atoms with E-state index in [2.05, 4.69) is 23.7 Å². The van der Waals surface area contributed by atoms with Crippen LogP contribution in [0.2, 0.25) is 0 Å². The standard InChI is InChI=1S/C24H23N3O2/c1-2-22(28)26-13-20(17-6-4-3-5-7-17)24(14-26)15-27(16-24)23(29)19-9-8-18-10-11-25-21(18)12-19/h2-12,20,25H,1,13-16H2/t20-/m1/s1. The van der Waals surface area contributed by atoms with E-state index in [1.165, 1.54) is 11.6 Å². The van der Waals surface area contributed by atoms with Crippen LogP contribution in [0.3, 0.4) is 0 Å². The normalized spacial score (nSPS) is 20.1. The number of aromatic amines is 1. The highest BCUT2D eigenvalue weighted by Gasteiger charge is 2.56. The highest BCUT2D eigenvalue weighted by molar-refractivity contribution is 5.98. The van der Waals surface area contributed by atoms with Crippen molar-refractivity contribution in [1.29, 1.82) is 0 Å². The number of carbonyl (C=O) groups is 2. The van der Waals surface area contributed by atoms with Gasteiger partial charge in [0.25, 0.3) is 5.91 Å². The zero-order valence-electron chi connectivity index (χ0n) is 16.2. The molecule has 5 nitrogen and oxygen atoms in total. The predicted octanol–water partition coefficient (Wildman–Crippen LogP) is 3.42. The number of H-pyrrole nitrogens is 1. The smallest absolute Gasteiger partial charge is 0.253 e. The van der Waals surface area contributed by atoms with Crippen LogP contribution in [0.1, 0.15) is 21.8 Å². The van der Waals surface area contributed by atoms with Gasteiger partial charge in [0.05, 0.1) is 0 Å². The average Bonchev–Trinajstić information content (AvgIpc) is 3.36. The van der Waals surface area contributed by atoms with Gasteiger partial charge >= 0.3 is 0 Å². The van der Waals surface area contributed by atoms with Gasteiger partial charge in [-0.2, -0.15) is 0 Å². The van der Waals surface area contributed by atoms with Crippen molar-refractivity contribution < 1.29 is 9.59 Å². The third kappa shape index (κ3) is 2.85. The Morgan fingerprint density at radius 1 is 1.03 bits per heavy atom. The molecule has 0 unspecified atom stereocenters. The topological polar surface area (TPSA) is 56.4 Å². The molecule has 2 fully saturated rings. The van der Waals surface area contributed by atoms with Gasteiger partial charge < -0.3 is 14.8 Å². The Labute approximate surface area is 169 Å². The van der Waals surface area contributed by atoms with Crippen LogP contribution in [0.15, 0.2) is 73.4 Å². The van der Waals surface area contributed by atoms with Crippen LogP contribution in [-0.2, 0) is 4.79 Å². The van der Waals surface area contributed by atoms with E-state index < -0.39 is 0 Å². The maximum atomic E-state index is 13.1. The van der Waals surface area contributed by atoms with Crippen LogP contribution in [0.5, 0.6) is 0 Å². The van der Waals surface area contributed by atoms with E-state index in [1.54, 1.807) is 0 Å². The number of carbonyl (C=O) groups excluding carboxylic acids is 2. The molecule has 29 heavy (non-hydrogen) atoms. The van der Waals surface area contributed by atoms with Crippen LogP contribution < -0.4 is 0 Å². The molecular formula is C24H23N3O2. The summed E-state index contributed by atoms with van der Waals surface area (Å²) in [7, 11) is 0. The SMILES string of the molecule is C=CC(=O)N1C[C@H](c2ccccc2)C2(C1)CN(C(=O)c1ccc3cc[nH]c3c1)C2. The molecule has 2 aromatic carbocycles. The minimum atomic E-state index is -0.0911. The summed E-state index contributed by atoms with van der Waals surface area (Å²) < 4.78 is 0. The van der Waals surface area contributed by atoms with E-state index in [9.17, 15) is 9.59 Å². The maximum Gasteiger partial charge on any atom is 0.253 e. The number of amides is 2. The van der Waals surface area contributed by atoms with Gasteiger partial charge in [0.15, 0.2) is 0 Å². The Morgan fingerprint density at radius 3 is 2.55 bits per heavy atom. The number of likely N-dealkylation sites (tertiary alicyclic amines) is 2. The minimum absolute atomic E-state index is 0.0372. The molecule has 2 aliphatic rings. The number of aromatic nitrogens is 1. The molecule has 0 saturated carbocycles. The summed E-state index contributed by atoms with van der Waals surface area (Å²) in [6.07, 6.45) is 3.26. The summed E-state index contributed by atoms with van der Waals surface area (Å²) in [5.41, 5.74) is 2.80. The first-order valence-electron chi connectivity index (χ1n) is 9.92. The van der Waals surface area contributed by atoms with E-state index in [0.29, 0.717) is 31.7 Å². The molecule has 0 radical (unpaired) electrons. The van der Waals surface area contributed by atoms with E-state index in [4.69, 9.17) is 0 Å². The second-order valence-corrected chi connectivity index (χ2v) is 8.19. The lowest BCUT2D eigenvalue weighted by molar-refractivity contribution is -0.125. The molecule has 0 bridgehead atoms. The van der Waals surface area contributed by atoms with E-state index in [-0.39, 0.29) is 23.1 Å². The van der Waals surface area contributed by atoms with Crippen LogP contribution in [-0.4, -0.2) is 52.8 Å². The van der Waals surface area contributed by atoms with Gasteiger partial charge in [0.2, 0.25) is 5.91 Å². The molecule has 146 valence electrons. The van der Waals surface area contributed by atoms with Gasteiger partial charge in [-0.3, -0.25) is 9.59 Å². The molecular weight excluding hydrogens is 362 g/mol. The molecule has 2 amide bonds. The molecule has 1 aromatic heterocycles. The van der Waals surface area contributed by atoms with Gasteiger partial charge in [0.1, 0.15) is 0 Å². The lowest BCUT2D eigenvalue weighted by Crippen LogP contribution is -2.61. The lowest BCUT2D eigenvalue weighted by atomic mass is 9.69. The molecule has 5 rings (SSSR count). The zero-order chi connectivity index (χ0) is 20.0. The second-order valence-electron chi connectivity index (χ2n) is 8.19. The maximum absolute atomic E-state index is 13.1. The van der Waals surface area contributed by atoms with E-state index >= 15 is 0 Å². The fourth-order valence-corrected chi connectivity index (χ4v) is 4.95. The fourth-order valence-electron chi connectivity index (χ4n) is 4.95. The number of hydrogen-bond donors (Lipinski definition) is 1. The Morgan fingerprint density at radius 2 is 1.79 bits per heavy atom. The van der Waals surface area contributed by atoms with Crippen molar-refractivity contribution in [2.75, 3.05) is 26.2 Å². The van der Waals surface area contributed by atoms with Crippen LogP contribution in [0, 0.1) is 5.41 Å². The van der Waals surface area contributed by atoms with Gasteiger partial charge in [-0.25, -0.2) is 0 Å². The van der Waals surface area contributed by atoms with E-state index in [1.807, 2.05) is 58.5 Å². The first-order chi connectivity index (χ1) is 14.1. The molecule has 0 aliphatic carbocycles. The lowest BCUT2D eigenvalue weighted by Gasteiger charge is -2.51. The number of nitrogens with zero attached hydrogens (tertiary/aromatic N) is 2. The molecule has 3 aromatic rings. The number of rotatable bonds is 3. The molecule has 1 atom stereocenters. The van der Waals surface area contributed by atoms with Crippen molar-refractivity contribution in [3.8, 4) is 0 Å². The molecule has 3 heterocycles. The predicted molar refractivity (Wildman–Crippen MR) is 113 cm³/mol. The van der Waals surface area contributed by atoms with Crippen molar-refractivity contribution in [1.82, 2.24) is 14.8 Å². The summed E-state index contributed by atoms with van der Waals surface area (Å²) >= 11 is 0. The van der Waals surface area contributed by atoms with Crippen molar-refractivity contribution in [3.05, 3.63) is 84.6 Å². The van der Waals surface area contributed by atoms with Crippen LogP contribution >= 0.6 is 0 Å². The summed E-state index contributed by atoms with van der Waals surface area (Å²) in [5, 5.41) is 1.10. The molecule has 2 aliphatic heterocycles. The van der Waals surface area contributed by atoms with Gasteiger partial charge in [-0.1, -0.05) is 43.0 Å². The highest BCUT2D eigenvalue weighted by Crippen LogP contribution is 2.49. The number of hydrogen-bond acceptors (Lipinski definition) is 2. The third-order valence-electron chi connectivity index (χ3n) is 6.44. The largest absolute Gasteiger partial charge is 0.361 e. The van der Waals surface area contributed by atoms with Crippen LogP contribution in [0.4, 0.5) is 0 Å². The summed E-state index contributed by atoms with van der Waals surface area (Å²) in [6, 6.07) is 18.1. The fraction of sp³-hybridized carbons (Fsp3) is 0.250. The summed E-state index contributed by atoms with van der Waals surface area (Å²) in [6.45, 7) is 6.30. The Balaban J connectivity index is 1.39. The van der Waals surface area contributed by atoms with Gasteiger partial charge in [-0.05, 0) is 35.2 Å². The number of fused-ring (bicyclic) bond motifs is 1. The van der Waals surface area contributed by atoms with Crippen molar-refractivity contribution in [2.45, 2.75) is 5.92 Å². The highest BCUT2D eigenvalue weighted by atomic mass is 16.2. The van der Waals surface area contributed by atoms with Crippen molar-refractivity contribution in [3.63, 3.8) is 0 Å². The molecule has 2 saturated heterocycles. The van der Waals surface area contributed by atoms with Gasteiger partial charge in [-0.15, -0.1) is 0 Å². The third-order valence-corrected chi connectivity index (χ3v) is 6.44. The zero-order valence-corrected chi connectivity index (χ0v) is 16.2. The number of benzene rings is 2. The summed E-state index contributed by atoms with van der Waals surface area (Å²) in [5.74, 6) is 0.236. The van der Waals surface area contributed by atoms with E-state index in [0.717, 1.165) is 10.9 Å². The Bertz CT molecular complexity index is 1100. The van der Waals surface area contributed by atoms with Crippen LogP contribution in [0.25, 0.3) is 10.9 Å². The van der Waals surface area contributed by atoms with Crippen molar-refractivity contribution in [2.24, 2.45) is 5.41 Å². The Hall–Kier alpha value is -3.34. The average molecular weight is 385 g/mol. The van der Waals surface area contributed by atoms with Crippen molar-refractivity contribution >= 4 is 22.7 Å². The summed E-state index contributed by atoms with van der Waals surface area (Å²) in [4.78, 5) is 32.3. The minimum Gasteiger partial charge on any atom is -0.361 e. The number of nitrogens with one attached hydrogen (secondary N) is 1. The molecule has 1 spiro atoms.